The molecule has 1 saturated heterocycles. The van der Waals surface area contributed by atoms with Crippen molar-refractivity contribution >= 4 is 17.9 Å². The van der Waals surface area contributed by atoms with Crippen LogP contribution in [-0.2, 0) is 9.59 Å². The lowest BCUT2D eigenvalue weighted by Crippen LogP contribution is -2.62. The molecule has 0 aromatic carbocycles. The van der Waals surface area contributed by atoms with Crippen LogP contribution in [0.5, 0.6) is 0 Å². The topological polar surface area (TPSA) is 98.7 Å². The van der Waals surface area contributed by atoms with Gasteiger partial charge in [0.05, 0.1) is 12.5 Å². The highest BCUT2D eigenvalue weighted by molar-refractivity contribution is 5.95. The van der Waals surface area contributed by atoms with Crippen LogP contribution in [0.1, 0.15) is 51.4 Å². The third kappa shape index (κ3) is 3.72. The van der Waals surface area contributed by atoms with Gasteiger partial charge in [0.15, 0.2) is 0 Å². The molecule has 5 rings (SSSR count). The number of nitrogens with one attached hydrogen (secondary N) is 2. The number of amides is 3. The normalized spacial score (nSPS) is 36.7. The highest BCUT2D eigenvalue weighted by atomic mass is 16.4. The van der Waals surface area contributed by atoms with Crippen molar-refractivity contribution in [2.45, 2.75) is 56.9 Å². The molecule has 0 unspecified atom stereocenters. The number of carboxylic acids is 1. The molecule has 3 N–H and O–H groups in total. The van der Waals surface area contributed by atoms with E-state index in [0.717, 1.165) is 37.0 Å². The van der Waals surface area contributed by atoms with E-state index in [9.17, 15) is 14.4 Å². The van der Waals surface area contributed by atoms with Crippen LogP contribution in [-0.4, -0.2) is 53.1 Å². The van der Waals surface area contributed by atoms with Gasteiger partial charge in [0.2, 0.25) is 5.91 Å². The average molecular weight is 363 g/mol. The van der Waals surface area contributed by atoms with E-state index in [1.807, 2.05) is 4.90 Å². The van der Waals surface area contributed by atoms with Crippen molar-refractivity contribution < 1.29 is 19.5 Å². The Labute approximate surface area is 153 Å². The molecular formula is C19H29N3O4. The first-order chi connectivity index (χ1) is 12.4. The van der Waals surface area contributed by atoms with Crippen molar-refractivity contribution in [2.24, 2.45) is 23.7 Å². The lowest BCUT2D eigenvalue weighted by atomic mass is 9.53. The van der Waals surface area contributed by atoms with E-state index in [-0.39, 0.29) is 29.9 Å². The van der Waals surface area contributed by atoms with E-state index < -0.39 is 5.97 Å². The molecule has 3 amide bonds. The van der Waals surface area contributed by atoms with E-state index >= 15 is 0 Å². The van der Waals surface area contributed by atoms with Crippen LogP contribution in [0.25, 0.3) is 0 Å². The lowest BCUT2D eigenvalue weighted by Gasteiger charge is -2.56. The Kier molecular flexibility index (Phi) is 4.67. The van der Waals surface area contributed by atoms with Crippen molar-refractivity contribution in [1.29, 1.82) is 0 Å². The van der Waals surface area contributed by atoms with E-state index in [1.165, 1.54) is 19.3 Å². The summed E-state index contributed by atoms with van der Waals surface area (Å²) in [5.41, 5.74) is -0.0983. The molecule has 4 saturated carbocycles. The smallest absolute Gasteiger partial charge is 0.321 e. The van der Waals surface area contributed by atoms with Crippen molar-refractivity contribution in [3.63, 3.8) is 0 Å². The number of rotatable bonds is 4. The zero-order valence-corrected chi connectivity index (χ0v) is 15.2. The maximum absolute atomic E-state index is 12.4. The number of likely N-dealkylation sites (tertiary alicyclic amines) is 1. The Morgan fingerprint density at radius 3 is 2.00 bits per heavy atom. The first kappa shape index (κ1) is 17.8. The number of carbonyl (C=O) groups excluding carboxylic acids is 2. The summed E-state index contributed by atoms with van der Waals surface area (Å²) in [7, 11) is 0. The summed E-state index contributed by atoms with van der Waals surface area (Å²) in [6, 6.07) is -0.364. The third-order valence-electron chi connectivity index (χ3n) is 6.97. The largest absolute Gasteiger partial charge is 0.481 e. The molecule has 0 atom stereocenters. The van der Waals surface area contributed by atoms with Crippen LogP contribution in [0.2, 0.25) is 0 Å². The van der Waals surface area contributed by atoms with E-state index in [1.54, 1.807) is 0 Å². The number of piperidine rings is 1. The molecule has 0 aromatic heterocycles. The van der Waals surface area contributed by atoms with Crippen LogP contribution in [0, 0.1) is 23.7 Å². The highest BCUT2D eigenvalue weighted by Crippen LogP contribution is 2.55. The number of hydrogen-bond donors (Lipinski definition) is 3. The van der Waals surface area contributed by atoms with Crippen molar-refractivity contribution in [2.75, 3.05) is 19.6 Å². The van der Waals surface area contributed by atoms with Gasteiger partial charge in [-0.2, -0.15) is 0 Å². The standard InChI is InChI=1S/C19H29N3O4/c23-16(11-22-3-1-15(2-4-22)17(24)25)20-18(26)21-19-8-12-5-13(9-19)7-14(6-12)10-19/h12-15H,1-11H2,(H,24,25)(H2,20,21,23,26). The molecule has 0 radical (unpaired) electrons. The second-order valence-corrected chi connectivity index (χ2v) is 9.09. The zero-order valence-electron chi connectivity index (χ0n) is 15.2. The van der Waals surface area contributed by atoms with Crippen molar-refractivity contribution in [3.8, 4) is 0 Å². The van der Waals surface area contributed by atoms with Crippen molar-refractivity contribution in [3.05, 3.63) is 0 Å². The summed E-state index contributed by atoms with van der Waals surface area (Å²) >= 11 is 0. The van der Waals surface area contributed by atoms with Gasteiger partial charge in [-0.1, -0.05) is 0 Å². The fourth-order valence-electron chi connectivity index (χ4n) is 6.24. The Morgan fingerprint density at radius 2 is 1.50 bits per heavy atom. The van der Waals surface area contributed by atoms with Gasteiger partial charge >= 0.3 is 12.0 Å². The van der Waals surface area contributed by atoms with Gasteiger partial charge in [0.25, 0.3) is 0 Å². The van der Waals surface area contributed by atoms with Gasteiger partial charge in [0.1, 0.15) is 0 Å². The number of carbonyl (C=O) groups is 3. The minimum atomic E-state index is -0.760. The molecule has 7 heteroatoms. The first-order valence-electron chi connectivity index (χ1n) is 9.98. The Morgan fingerprint density at radius 1 is 0.962 bits per heavy atom. The molecule has 7 nitrogen and oxygen atoms in total. The Bertz CT molecular complexity index is 562. The predicted octanol–water partition coefficient (Wildman–Crippen LogP) is 1.58. The van der Waals surface area contributed by atoms with Gasteiger partial charge < -0.3 is 10.4 Å². The average Bonchev–Trinajstić information content (AvgIpc) is 2.53. The zero-order chi connectivity index (χ0) is 18.3. The van der Waals surface area contributed by atoms with Crippen molar-refractivity contribution in [1.82, 2.24) is 15.5 Å². The molecule has 0 aromatic rings. The molecule has 144 valence electrons. The Balaban J connectivity index is 1.24. The quantitative estimate of drug-likeness (QED) is 0.704. The summed E-state index contributed by atoms with van der Waals surface area (Å²) in [5, 5.41) is 14.7. The van der Waals surface area contributed by atoms with Gasteiger partial charge in [-0.3, -0.25) is 19.8 Å². The van der Waals surface area contributed by atoms with Gasteiger partial charge in [-0.15, -0.1) is 0 Å². The van der Waals surface area contributed by atoms with Crippen LogP contribution in [0.3, 0.4) is 0 Å². The van der Waals surface area contributed by atoms with Gasteiger partial charge in [-0.25, -0.2) is 4.79 Å². The van der Waals surface area contributed by atoms with Gasteiger partial charge in [0, 0.05) is 5.54 Å². The number of hydrogen-bond acceptors (Lipinski definition) is 4. The summed E-state index contributed by atoms with van der Waals surface area (Å²) < 4.78 is 0. The maximum Gasteiger partial charge on any atom is 0.321 e. The van der Waals surface area contributed by atoms with Crippen LogP contribution in [0.4, 0.5) is 4.79 Å². The van der Waals surface area contributed by atoms with Gasteiger partial charge in [-0.05, 0) is 82.2 Å². The SMILES string of the molecule is O=C(CN1CCC(C(=O)O)CC1)NC(=O)NC12CC3CC(CC(C3)C1)C2. The number of aliphatic carboxylic acids is 1. The molecule has 4 aliphatic carbocycles. The molecule has 1 aliphatic heterocycles. The number of imide groups is 1. The number of urea groups is 1. The minimum absolute atomic E-state index is 0.0983. The fraction of sp³-hybridized carbons (Fsp3) is 0.842. The molecule has 1 heterocycles. The van der Waals surface area contributed by atoms with E-state index in [4.69, 9.17) is 5.11 Å². The molecule has 5 aliphatic rings. The second kappa shape index (κ2) is 6.83. The summed E-state index contributed by atoms with van der Waals surface area (Å²) in [6.45, 7) is 1.32. The third-order valence-corrected chi connectivity index (χ3v) is 6.97. The summed E-state index contributed by atoms with van der Waals surface area (Å²) in [5.74, 6) is 0.854. The first-order valence-corrected chi connectivity index (χ1v) is 9.98. The molecular weight excluding hydrogens is 334 g/mol. The molecule has 4 bridgehead atoms. The monoisotopic (exact) mass is 363 g/mol. The summed E-state index contributed by atoms with van der Waals surface area (Å²) in [6.07, 6.45) is 8.23. The van der Waals surface area contributed by atoms with E-state index in [0.29, 0.717) is 25.9 Å². The number of nitrogens with zero attached hydrogens (tertiary/aromatic N) is 1. The lowest BCUT2D eigenvalue weighted by molar-refractivity contribution is -0.143. The summed E-state index contributed by atoms with van der Waals surface area (Å²) in [4.78, 5) is 37.5. The minimum Gasteiger partial charge on any atom is -0.481 e. The number of carboxylic acid groups (broad SMARTS) is 1. The fourth-order valence-corrected chi connectivity index (χ4v) is 6.24. The predicted molar refractivity (Wildman–Crippen MR) is 94.4 cm³/mol. The van der Waals surface area contributed by atoms with Crippen LogP contribution in [0.15, 0.2) is 0 Å². The highest BCUT2D eigenvalue weighted by Gasteiger charge is 2.51. The maximum atomic E-state index is 12.4. The molecule has 0 spiro atoms. The van der Waals surface area contributed by atoms with Crippen LogP contribution < -0.4 is 10.6 Å². The van der Waals surface area contributed by atoms with E-state index in [2.05, 4.69) is 10.6 Å². The van der Waals surface area contributed by atoms with Crippen LogP contribution >= 0.6 is 0 Å². The Hall–Kier alpha value is -1.63. The second-order valence-electron chi connectivity index (χ2n) is 9.09. The molecule has 26 heavy (non-hydrogen) atoms. The molecule has 5 fully saturated rings.